The van der Waals surface area contributed by atoms with Crippen molar-refractivity contribution in [2.75, 3.05) is 0 Å². The van der Waals surface area contributed by atoms with Crippen molar-refractivity contribution >= 4 is 45.0 Å². The van der Waals surface area contributed by atoms with E-state index >= 15 is 0 Å². The van der Waals surface area contributed by atoms with E-state index in [1.807, 2.05) is 48.8 Å². The second kappa shape index (κ2) is 5.68. The molecule has 1 unspecified atom stereocenters. The van der Waals surface area contributed by atoms with Crippen LogP contribution in [0.3, 0.4) is 0 Å². The minimum Gasteiger partial charge on any atom is -0.320 e. The molecule has 0 spiro atoms. The van der Waals surface area contributed by atoms with Crippen molar-refractivity contribution < 1.29 is 0 Å². The lowest BCUT2D eigenvalue weighted by Crippen LogP contribution is -2.12. The van der Waals surface area contributed by atoms with E-state index < -0.39 is 0 Å². The highest BCUT2D eigenvalue weighted by molar-refractivity contribution is 14.1. The third-order valence-electron chi connectivity index (χ3n) is 3.34. The summed E-state index contributed by atoms with van der Waals surface area (Å²) in [5, 5.41) is 2.95. The van der Waals surface area contributed by atoms with E-state index in [0.717, 1.165) is 30.5 Å². The Hall–Kier alpha value is -1.17. The van der Waals surface area contributed by atoms with E-state index in [1.165, 1.54) is 0 Å². The van der Waals surface area contributed by atoms with E-state index in [1.54, 1.807) is 0 Å². The summed E-state index contributed by atoms with van der Waals surface area (Å²) in [7, 11) is 0. The van der Waals surface area contributed by atoms with E-state index in [-0.39, 0.29) is 6.04 Å². The Morgan fingerprint density at radius 1 is 1.10 bits per heavy atom. The van der Waals surface area contributed by atoms with Crippen molar-refractivity contribution in [3.8, 4) is 0 Å². The third-order valence-corrected chi connectivity index (χ3v) is 4.91. The third kappa shape index (κ3) is 2.53. The predicted molar refractivity (Wildman–Crippen MR) is 91.9 cm³/mol. The summed E-state index contributed by atoms with van der Waals surface area (Å²) >= 11 is 8.39. The summed E-state index contributed by atoms with van der Waals surface area (Å²) in [6.45, 7) is 0. The summed E-state index contributed by atoms with van der Waals surface area (Å²) in [5.74, 6) is 0. The van der Waals surface area contributed by atoms with E-state index in [9.17, 15) is 0 Å². The molecule has 2 N–H and O–H groups in total. The van der Waals surface area contributed by atoms with Crippen LogP contribution in [0, 0.1) is 3.57 Å². The highest BCUT2D eigenvalue weighted by atomic mass is 127. The molecule has 0 radical (unpaired) electrons. The molecule has 100 valence electrons. The van der Waals surface area contributed by atoms with Crippen molar-refractivity contribution in [1.82, 2.24) is 4.98 Å². The lowest BCUT2D eigenvalue weighted by atomic mass is 9.96. The molecule has 0 amide bonds. The van der Waals surface area contributed by atoms with Gasteiger partial charge in [0.2, 0.25) is 0 Å². The number of halogens is 2. The van der Waals surface area contributed by atoms with Gasteiger partial charge in [-0.05, 0) is 51.2 Å². The Morgan fingerprint density at radius 2 is 1.90 bits per heavy atom. The maximum absolute atomic E-state index is 6.40. The number of rotatable bonds is 2. The van der Waals surface area contributed by atoms with Gasteiger partial charge < -0.3 is 5.73 Å². The number of hydrogen-bond donors (Lipinski definition) is 1. The molecule has 3 aromatic rings. The summed E-state index contributed by atoms with van der Waals surface area (Å²) in [6.07, 6.45) is 3.69. The van der Waals surface area contributed by atoms with Gasteiger partial charge in [-0.3, -0.25) is 4.98 Å². The van der Waals surface area contributed by atoms with Crippen molar-refractivity contribution in [1.29, 1.82) is 0 Å². The molecule has 0 aliphatic heterocycles. The first-order valence-corrected chi connectivity index (χ1v) is 7.65. The van der Waals surface area contributed by atoms with Crippen LogP contribution in [-0.4, -0.2) is 4.98 Å². The Kier molecular flexibility index (Phi) is 3.92. The summed E-state index contributed by atoms with van der Waals surface area (Å²) in [4.78, 5) is 4.28. The average molecular weight is 395 g/mol. The van der Waals surface area contributed by atoms with Crippen molar-refractivity contribution in [2.24, 2.45) is 5.73 Å². The topological polar surface area (TPSA) is 38.9 Å². The first kappa shape index (κ1) is 13.8. The maximum atomic E-state index is 6.40. The summed E-state index contributed by atoms with van der Waals surface area (Å²) in [6, 6.07) is 13.8. The van der Waals surface area contributed by atoms with Crippen LogP contribution in [0.15, 0.2) is 54.9 Å². The number of nitrogens with zero attached hydrogens (tertiary/aromatic N) is 1. The fourth-order valence-electron chi connectivity index (χ4n) is 2.27. The van der Waals surface area contributed by atoms with Crippen molar-refractivity contribution in [2.45, 2.75) is 6.04 Å². The van der Waals surface area contributed by atoms with Gasteiger partial charge in [-0.25, -0.2) is 0 Å². The van der Waals surface area contributed by atoms with E-state index in [2.05, 4.69) is 33.6 Å². The number of pyridine rings is 1. The number of benzene rings is 2. The van der Waals surface area contributed by atoms with Crippen LogP contribution in [0.5, 0.6) is 0 Å². The number of fused-ring (bicyclic) bond motifs is 1. The SMILES string of the molecule is NC(c1ccc(I)c(Cl)c1)c1cncc2ccccc12. The van der Waals surface area contributed by atoms with Gasteiger partial charge in [0.05, 0.1) is 11.1 Å². The van der Waals surface area contributed by atoms with E-state index in [4.69, 9.17) is 17.3 Å². The molecule has 1 aromatic heterocycles. The quantitative estimate of drug-likeness (QED) is 0.648. The molecule has 4 heteroatoms. The lowest BCUT2D eigenvalue weighted by molar-refractivity contribution is 0.873. The van der Waals surface area contributed by atoms with Gasteiger partial charge in [0.15, 0.2) is 0 Å². The molecule has 0 bridgehead atoms. The molecular formula is C16H12ClIN2. The van der Waals surface area contributed by atoms with Gasteiger partial charge >= 0.3 is 0 Å². The van der Waals surface area contributed by atoms with Crippen LogP contribution < -0.4 is 5.73 Å². The van der Waals surface area contributed by atoms with Crippen LogP contribution in [0.25, 0.3) is 10.8 Å². The van der Waals surface area contributed by atoms with Gasteiger partial charge in [-0.2, -0.15) is 0 Å². The molecule has 20 heavy (non-hydrogen) atoms. The Morgan fingerprint density at radius 3 is 2.70 bits per heavy atom. The van der Waals surface area contributed by atoms with Gasteiger partial charge in [0.1, 0.15) is 0 Å². The van der Waals surface area contributed by atoms with Gasteiger partial charge in [-0.1, -0.05) is 41.9 Å². The largest absolute Gasteiger partial charge is 0.320 e. The Labute approximate surface area is 136 Å². The Balaban J connectivity index is 2.12. The first-order valence-electron chi connectivity index (χ1n) is 6.20. The average Bonchev–Trinajstić information content (AvgIpc) is 2.49. The highest BCUT2D eigenvalue weighted by Crippen LogP contribution is 2.29. The summed E-state index contributed by atoms with van der Waals surface area (Å²) in [5.41, 5.74) is 8.41. The normalized spacial score (nSPS) is 12.6. The predicted octanol–water partition coefficient (Wildman–Crippen LogP) is 4.54. The number of aromatic nitrogens is 1. The maximum Gasteiger partial charge on any atom is 0.0573 e. The van der Waals surface area contributed by atoms with Crippen LogP contribution in [-0.2, 0) is 0 Å². The second-order valence-corrected chi connectivity index (χ2v) is 6.17. The fraction of sp³-hybridized carbons (Fsp3) is 0.0625. The molecular weight excluding hydrogens is 383 g/mol. The number of nitrogens with two attached hydrogens (primary N) is 1. The molecule has 0 saturated heterocycles. The summed E-state index contributed by atoms with van der Waals surface area (Å²) < 4.78 is 1.02. The van der Waals surface area contributed by atoms with Crippen molar-refractivity contribution in [3.63, 3.8) is 0 Å². The highest BCUT2D eigenvalue weighted by Gasteiger charge is 2.13. The van der Waals surface area contributed by atoms with Gasteiger partial charge in [0, 0.05) is 21.4 Å². The van der Waals surface area contributed by atoms with Crippen LogP contribution >= 0.6 is 34.2 Å². The number of hydrogen-bond acceptors (Lipinski definition) is 2. The molecule has 2 aromatic carbocycles. The fourth-order valence-corrected chi connectivity index (χ4v) is 2.80. The molecule has 0 aliphatic rings. The van der Waals surface area contributed by atoms with Crippen LogP contribution in [0.2, 0.25) is 5.02 Å². The molecule has 2 nitrogen and oxygen atoms in total. The van der Waals surface area contributed by atoms with Crippen LogP contribution in [0.4, 0.5) is 0 Å². The molecule has 1 atom stereocenters. The lowest BCUT2D eigenvalue weighted by Gasteiger charge is -2.15. The minimum absolute atomic E-state index is 0.233. The zero-order valence-electron chi connectivity index (χ0n) is 10.6. The molecule has 3 rings (SSSR count). The van der Waals surface area contributed by atoms with Crippen molar-refractivity contribution in [3.05, 3.63) is 74.6 Å². The second-order valence-electron chi connectivity index (χ2n) is 4.60. The minimum atomic E-state index is -0.233. The zero-order chi connectivity index (χ0) is 14.1. The molecule has 0 fully saturated rings. The smallest absolute Gasteiger partial charge is 0.0573 e. The van der Waals surface area contributed by atoms with E-state index in [0.29, 0.717) is 0 Å². The standard InChI is InChI=1S/C16H12ClIN2/c17-14-7-10(5-6-15(14)18)16(19)13-9-20-8-11-3-1-2-4-12(11)13/h1-9,16H,19H2. The molecule has 1 heterocycles. The Bertz CT molecular complexity index is 768. The first-order chi connectivity index (χ1) is 9.66. The molecule has 0 aliphatic carbocycles. The van der Waals surface area contributed by atoms with Crippen LogP contribution in [0.1, 0.15) is 17.2 Å². The molecule has 0 saturated carbocycles. The zero-order valence-corrected chi connectivity index (χ0v) is 13.5. The van der Waals surface area contributed by atoms with Gasteiger partial charge in [0.25, 0.3) is 0 Å². The monoisotopic (exact) mass is 394 g/mol. The van der Waals surface area contributed by atoms with Gasteiger partial charge in [-0.15, -0.1) is 0 Å².